The first-order chi connectivity index (χ1) is 47.0. The molecule has 3 N–H and O–H groups in total. The molecule has 576 valence electrons. The fourth-order valence-corrected chi connectivity index (χ4v) is 13.6. The number of unbranched alkanes of at least 4 members (excludes halogenated alkanes) is 50. The van der Waals surface area contributed by atoms with Crippen LogP contribution in [0.2, 0.25) is 0 Å². The van der Waals surface area contributed by atoms with Crippen LogP contribution in [0.1, 0.15) is 413 Å². The predicted octanol–water partition coefficient (Wildman–Crippen LogP) is 23.3. The maximum atomic E-state index is 13.1. The monoisotopic (exact) mass is 1420 g/mol. The van der Waals surface area contributed by atoms with Gasteiger partial charge >= 0.3 is 39.5 Å². The van der Waals surface area contributed by atoms with Gasteiger partial charge in [-0.3, -0.25) is 37.3 Å². The van der Waals surface area contributed by atoms with Crippen molar-refractivity contribution in [1.29, 1.82) is 0 Å². The van der Waals surface area contributed by atoms with Gasteiger partial charge in [0.25, 0.3) is 0 Å². The molecule has 0 saturated heterocycles. The Labute approximate surface area is 594 Å². The molecule has 19 heteroatoms. The SMILES string of the molecule is CCCCCCCCCCCCCCCCCCCCCC(=O)O[C@H](COC(=O)CCCCCCCCCCCCCCCCCCC)COP(=O)(O)OC[C@@H](O)COP(=O)(O)OC[C@@H](COC(=O)CCCCCCC)OC(=O)CCCCCCCCCCCCCCCC(C)C. The number of aliphatic hydroxyl groups excluding tert-OH is 1. The molecule has 0 aromatic heterocycles. The average Bonchev–Trinajstić information content (AvgIpc) is 2.12. The first kappa shape index (κ1) is 95.1. The molecule has 0 fully saturated rings. The summed E-state index contributed by atoms with van der Waals surface area (Å²) >= 11 is 0. The largest absolute Gasteiger partial charge is 0.472 e. The second kappa shape index (κ2) is 71.1. The van der Waals surface area contributed by atoms with Crippen LogP contribution in [0.5, 0.6) is 0 Å². The molecule has 97 heavy (non-hydrogen) atoms. The molecule has 17 nitrogen and oxygen atoms in total. The number of phosphoric ester groups is 2. The van der Waals surface area contributed by atoms with Crippen molar-refractivity contribution in [3.63, 3.8) is 0 Å². The normalized spacial score (nSPS) is 13.9. The van der Waals surface area contributed by atoms with Crippen LogP contribution < -0.4 is 0 Å². The lowest BCUT2D eigenvalue weighted by Crippen LogP contribution is -2.30. The van der Waals surface area contributed by atoms with Gasteiger partial charge in [0.15, 0.2) is 12.2 Å². The van der Waals surface area contributed by atoms with E-state index in [0.29, 0.717) is 25.7 Å². The number of aliphatic hydroxyl groups is 1. The number of esters is 4. The predicted molar refractivity (Wildman–Crippen MR) is 395 cm³/mol. The molecule has 0 spiro atoms. The summed E-state index contributed by atoms with van der Waals surface area (Å²) in [7, 11) is -9.90. The minimum absolute atomic E-state index is 0.107. The van der Waals surface area contributed by atoms with Crippen molar-refractivity contribution in [3.05, 3.63) is 0 Å². The maximum absolute atomic E-state index is 13.1. The fraction of sp³-hybridized carbons (Fsp3) is 0.949. The lowest BCUT2D eigenvalue weighted by atomic mass is 10.0. The Kier molecular flexibility index (Phi) is 69.6. The van der Waals surface area contributed by atoms with E-state index in [1.54, 1.807) is 0 Å². The van der Waals surface area contributed by atoms with Crippen LogP contribution in [-0.2, 0) is 65.4 Å². The molecule has 0 bridgehead atoms. The number of ether oxygens (including phenoxy) is 4. The summed E-state index contributed by atoms with van der Waals surface area (Å²) in [6.07, 6.45) is 61.5. The molecule has 0 aromatic rings. The minimum atomic E-state index is -4.96. The highest BCUT2D eigenvalue weighted by Crippen LogP contribution is 2.45. The van der Waals surface area contributed by atoms with Crippen molar-refractivity contribution in [2.45, 2.75) is 432 Å². The Bertz CT molecular complexity index is 1860. The highest BCUT2D eigenvalue weighted by molar-refractivity contribution is 7.47. The zero-order chi connectivity index (χ0) is 71.2. The number of rotatable bonds is 78. The van der Waals surface area contributed by atoms with Crippen LogP contribution >= 0.6 is 15.6 Å². The van der Waals surface area contributed by atoms with Crippen LogP contribution in [0, 0.1) is 5.92 Å². The lowest BCUT2D eigenvalue weighted by Gasteiger charge is -2.21. The average molecular weight is 1420 g/mol. The zero-order valence-corrected chi connectivity index (χ0v) is 65.0. The third kappa shape index (κ3) is 72.2. The van der Waals surface area contributed by atoms with Crippen LogP contribution in [0.25, 0.3) is 0 Å². The first-order valence-corrected chi connectivity index (χ1v) is 43.6. The molecule has 0 aliphatic carbocycles. The minimum Gasteiger partial charge on any atom is -0.462 e. The van der Waals surface area contributed by atoms with Gasteiger partial charge in [-0.05, 0) is 31.6 Å². The molecule has 0 saturated carbocycles. The molecule has 0 aliphatic rings. The van der Waals surface area contributed by atoms with Gasteiger partial charge in [0.1, 0.15) is 19.3 Å². The van der Waals surface area contributed by atoms with Crippen molar-refractivity contribution in [1.82, 2.24) is 0 Å². The third-order valence-corrected chi connectivity index (χ3v) is 20.2. The van der Waals surface area contributed by atoms with E-state index >= 15 is 0 Å². The van der Waals surface area contributed by atoms with Gasteiger partial charge < -0.3 is 33.8 Å². The van der Waals surface area contributed by atoms with E-state index in [4.69, 9.17) is 37.0 Å². The van der Waals surface area contributed by atoms with Crippen LogP contribution in [0.4, 0.5) is 0 Å². The van der Waals surface area contributed by atoms with E-state index in [2.05, 4.69) is 34.6 Å². The molecule has 0 aliphatic heterocycles. The van der Waals surface area contributed by atoms with E-state index in [9.17, 15) is 43.2 Å². The molecule has 2 unspecified atom stereocenters. The summed E-state index contributed by atoms with van der Waals surface area (Å²) in [5, 5.41) is 10.6. The number of phosphoric acid groups is 2. The molecule has 0 amide bonds. The van der Waals surface area contributed by atoms with E-state index in [1.165, 1.54) is 231 Å². The van der Waals surface area contributed by atoms with Crippen LogP contribution in [0.3, 0.4) is 0 Å². The number of hydrogen-bond acceptors (Lipinski definition) is 15. The van der Waals surface area contributed by atoms with Gasteiger partial charge in [0.05, 0.1) is 26.4 Å². The standard InChI is InChI=1S/C78H152O17P2/c1-6-9-12-15-17-19-21-23-25-27-28-30-32-36-40-44-48-53-58-64-78(83)95-74(68-89-76(81)62-57-52-47-43-39-35-31-29-26-24-22-20-18-16-13-10-7-2)70-93-97(86,87)91-66-72(79)65-90-96(84,85)92-69-73(67-88-75(80)61-56-50-14-11-8-3)94-77(82)63-59-54-49-45-41-37-33-34-38-42-46-51-55-60-71(4)5/h71-74,79H,6-70H2,1-5H3,(H,84,85)(H,86,87)/t72-,73+,74+/m0/s1. The first-order valence-electron chi connectivity index (χ1n) is 40.6. The number of hydrogen-bond donors (Lipinski definition) is 3. The van der Waals surface area contributed by atoms with Crippen molar-refractivity contribution in [2.75, 3.05) is 39.6 Å². The van der Waals surface area contributed by atoms with E-state index in [1.807, 2.05) is 0 Å². The zero-order valence-electron chi connectivity index (χ0n) is 63.2. The number of carbonyl (C=O) groups excluding carboxylic acids is 4. The maximum Gasteiger partial charge on any atom is 0.472 e. The lowest BCUT2D eigenvalue weighted by molar-refractivity contribution is -0.161. The smallest absolute Gasteiger partial charge is 0.462 e. The van der Waals surface area contributed by atoms with Crippen molar-refractivity contribution < 1.29 is 80.2 Å². The molecule has 0 heterocycles. The summed E-state index contributed by atoms with van der Waals surface area (Å²) in [6.45, 7) is 7.24. The Morgan fingerprint density at radius 1 is 0.278 bits per heavy atom. The summed E-state index contributed by atoms with van der Waals surface area (Å²) in [5.41, 5.74) is 0. The second-order valence-electron chi connectivity index (χ2n) is 28.6. The van der Waals surface area contributed by atoms with Gasteiger partial charge in [-0.25, -0.2) is 9.13 Å². The Hall–Kier alpha value is -1.94. The molecular weight excluding hydrogens is 1270 g/mol. The van der Waals surface area contributed by atoms with Crippen LogP contribution in [-0.4, -0.2) is 96.7 Å². The summed E-state index contributed by atoms with van der Waals surface area (Å²) < 4.78 is 68.4. The molecule has 0 aromatic carbocycles. The Balaban J connectivity index is 5.13. The van der Waals surface area contributed by atoms with Gasteiger partial charge in [-0.15, -0.1) is 0 Å². The highest BCUT2D eigenvalue weighted by Gasteiger charge is 2.30. The van der Waals surface area contributed by atoms with E-state index in [-0.39, 0.29) is 25.7 Å². The van der Waals surface area contributed by atoms with Gasteiger partial charge in [0.2, 0.25) is 0 Å². The second-order valence-corrected chi connectivity index (χ2v) is 31.5. The molecular formula is C78H152O17P2. The molecule has 5 atom stereocenters. The quantitative estimate of drug-likeness (QED) is 0.0222. The van der Waals surface area contributed by atoms with Crippen molar-refractivity contribution >= 4 is 39.5 Å². The van der Waals surface area contributed by atoms with E-state index < -0.39 is 97.5 Å². The Morgan fingerprint density at radius 3 is 0.701 bits per heavy atom. The van der Waals surface area contributed by atoms with E-state index in [0.717, 1.165) is 102 Å². The molecule has 0 radical (unpaired) electrons. The van der Waals surface area contributed by atoms with Gasteiger partial charge in [0, 0.05) is 25.7 Å². The van der Waals surface area contributed by atoms with Gasteiger partial charge in [-0.1, -0.05) is 362 Å². The van der Waals surface area contributed by atoms with Crippen LogP contribution in [0.15, 0.2) is 0 Å². The fourth-order valence-electron chi connectivity index (χ4n) is 12.1. The summed E-state index contributed by atoms with van der Waals surface area (Å²) in [6, 6.07) is 0. The van der Waals surface area contributed by atoms with Crippen molar-refractivity contribution in [2.24, 2.45) is 5.92 Å². The Morgan fingerprint density at radius 2 is 0.474 bits per heavy atom. The third-order valence-electron chi connectivity index (χ3n) is 18.3. The molecule has 0 rings (SSSR count). The number of carbonyl (C=O) groups is 4. The van der Waals surface area contributed by atoms with Crippen molar-refractivity contribution in [3.8, 4) is 0 Å². The highest BCUT2D eigenvalue weighted by atomic mass is 31.2. The van der Waals surface area contributed by atoms with Gasteiger partial charge in [-0.2, -0.15) is 0 Å². The summed E-state index contributed by atoms with van der Waals surface area (Å²) in [5.74, 6) is -1.33. The topological polar surface area (TPSA) is 237 Å². The summed E-state index contributed by atoms with van der Waals surface area (Å²) in [4.78, 5) is 72.6.